The van der Waals surface area contributed by atoms with Gasteiger partial charge in [0.1, 0.15) is 0 Å². The quantitative estimate of drug-likeness (QED) is 0.214. The maximum atomic E-state index is 7.54. The van der Waals surface area contributed by atoms with Gasteiger partial charge in [-0.2, -0.15) is 0 Å². The van der Waals surface area contributed by atoms with Crippen LogP contribution in [0.15, 0.2) is 0 Å². The zero-order valence-corrected chi connectivity index (χ0v) is 4.13. The Bertz CT molecular complexity index is 8.85. The van der Waals surface area contributed by atoms with Gasteiger partial charge in [-0.15, -0.1) is 0 Å². The lowest BCUT2D eigenvalue weighted by Crippen LogP contribution is -1.87. The van der Waals surface area contributed by atoms with Gasteiger partial charge in [0, 0.05) is 0 Å². The van der Waals surface area contributed by atoms with Gasteiger partial charge in [-0.25, -0.2) is 0 Å². The summed E-state index contributed by atoms with van der Waals surface area (Å²) in [6, 6.07) is 0. The van der Waals surface area contributed by atoms with Crippen LogP contribution in [0.1, 0.15) is 0 Å². The molecule has 34 valence electrons. The van der Waals surface area contributed by atoms with Gasteiger partial charge >= 0.3 is 10.0 Å². The van der Waals surface area contributed by atoms with Gasteiger partial charge in [-0.1, -0.05) is 0 Å². The molecule has 0 saturated carbocycles. The molecule has 0 heterocycles. The molecule has 5 N–H and O–H groups in total. The van der Waals surface area contributed by atoms with Gasteiger partial charge in [0.2, 0.25) is 0 Å². The van der Waals surface area contributed by atoms with Crippen molar-refractivity contribution in [2.45, 2.75) is 0 Å². The van der Waals surface area contributed by atoms with E-state index in [-0.39, 0.29) is 6.15 Å². The van der Waals surface area contributed by atoms with E-state index in [1.54, 1.807) is 0 Å². The maximum Gasteiger partial charge on any atom is 0.341 e. The predicted octanol–water partition coefficient (Wildman–Crippen LogP) is -1.37. The van der Waals surface area contributed by atoms with E-state index in [4.69, 9.17) is 10.1 Å². The maximum absolute atomic E-state index is 7.54. The summed E-state index contributed by atoms with van der Waals surface area (Å²) in [5.74, 6) is 0. The van der Waals surface area contributed by atoms with E-state index < -0.39 is 10.0 Å². The fraction of sp³-hybridized carbons (Fsp3) is 0. The Balaban J connectivity index is 0. The first kappa shape index (κ1) is 8.91. The summed E-state index contributed by atoms with van der Waals surface area (Å²) < 4.78 is 3.24. The lowest BCUT2D eigenvalue weighted by molar-refractivity contribution is -0.148. The van der Waals surface area contributed by atoms with Crippen LogP contribution in [-0.4, -0.2) is 20.1 Å². The minimum atomic E-state index is -1.52. The molecule has 0 aromatic carbocycles. The van der Waals surface area contributed by atoms with E-state index >= 15 is 0 Å². The summed E-state index contributed by atoms with van der Waals surface area (Å²) in [5, 5.41) is 7.19. The monoisotopic (exact) mass is 97.0 g/mol. The van der Waals surface area contributed by atoms with E-state index in [1.807, 2.05) is 0 Å². The molecule has 0 fully saturated rings. The van der Waals surface area contributed by atoms with Crippen LogP contribution in [0.5, 0.6) is 0 Å². The molecule has 0 aromatic heterocycles. The van der Waals surface area contributed by atoms with Crippen molar-refractivity contribution in [1.29, 1.82) is 0 Å². The molecule has 5 heavy (non-hydrogen) atoms. The minimum absolute atomic E-state index is 0. The molecule has 0 saturated heterocycles. The Hall–Kier alpha value is 0.0569. The second-order valence-electron chi connectivity index (χ2n) is 0.258. The molecule has 0 aliphatic carbocycles. The number of hydrogen-bond donors (Lipinski definition) is 3. The van der Waals surface area contributed by atoms with E-state index in [0.717, 1.165) is 0 Å². The Labute approximate surface area is 32.0 Å². The van der Waals surface area contributed by atoms with Crippen molar-refractivity contribution in [1.82, 2.24) is 6.15 Å². The average Bonchev–Trinajstić information content (AvgIpc) is 1.37. The van der Waals surface area contributed by atoms with Gasteiger partial charge in [0.25, 0.3) is 0 Å². The standard InChI is InChI=1S/H3N.H4O3Si/c;1-3-4-2/h1H3;1-2H,4H2. The van der Waals surface area contributed by atoms with Crippen molar-refractivity contribution in [2.75, 3.05) is 0 Å². The first-order valence-corrected chi connectivity index (χ1v) is 2.00. The Morgan fingerprint density at radius 3 is 1.80 bits per heavy atom. The molecule has 0 bridgehead atoms. The lowest BCUT2D eigenvalue weighted by atomic mass is 14.0. The third-order valence-corrected chi connectivity index (χ3v) is 0.173. The van der Waals surface area contributed by atoms with Crippen molar-refractivity contribution >= 4 is 10.0 Å². The summed E-state index contributed by atoms with van der Waals surface area (Å²) in [6.07, 6.45) is 0. The summed E-state index contributed by atoms with van der Waals surface area (Å²) in [4.78, 5) is 7.54. The van der Waals surface area contributed by atoms with Crippen LogP contribution in [0.3, 0.4) is 0 Å². The number of rotatable bonds is 1. The summed E-state index contributed by atoms with van der Waals surface area (Å²) in [6.45, 7) is 0. The van der Waals surface area contributed by atoms with Crippen LogP contribution in [0.4, 0.5) is 0 Å². The average molecular weight is 97.1 g/mol. The molecule has 0 spiro atoms. The first-order chi connectivity index (χ1) is 1.91. The van der Waals surface area contributed by atoms with Crippen LogP contribution in [0.2, 0.25) is 0 Å². The van der Waals surface area contributed by atoms with Crippen LogP contribution < -0.4 is 6.15 Å². The highest BCUT2D eigenvalue weighted by Gasteiger charge is 1.60. The van der Waals surface area contributed by atoms with Gasteiger partial charge in [-0.05, 0) is 0 Å². The minimum Gasteiger partial charge on any atom is -0.414 e. The Morgan fingerprint density at radius 1 is 1.60 bits per heavy atom. The second-order valence-corrected chi connectivity index (χ2v) is 0.775. The Kier molecular flexibility index (Phi) is 16.0. The van der Waals surface area contributed by atoms with Crippen molar-refractivity contribution < 1.29 is 14.6 Å². The third kappa shape index (κ3) is 15.4. The first-order valence-electron chi connectivity index (χ1n) is 0.787. The molecule has 0 aromatic rings. The molecular weight excluding hydrogens is 90.1 g/mol. The highest BCUT2D eigenvalue weighted by Crippen LogP contribution is 1.39. The van der Waals surface area contributed by atoms with Crippen LogP contribution in [0, 0.1) is 0 Å². The van der Waals surface area contributed by atoms with E-state index in [1.165, 1.54) is 0 Å². The van der Waals surface area contributed by atoms with Crippen LogP contribution in [0.25, 0.3) is 0 Å². The van der Waals surface area contributed by atoms with Crippen molar-refractivity contribution in [3.63, 3.8) is 0 Å². The van der Waals surface area contributed by atoms with Gasteiger partial charge in [-0.3, -0.25) is 9.83 Å². The largest absolute Gasteiger partial charge is 0.414 e. The van der Waals surface area contributed by atoms with Crippen molar-refractivity contribution in [3.8, 4) is 0 Å². The highest BCUT2D eigenvalue weighted by molar-refractivity contribution is 6.15. The fourth-order valence-electron chi connectivity index (χ4n) is 0. The van der Waals surface area contributed by atoms with Crippen molar-refractivity contribution in [3.05, 3.63) is 0 Å². The molecule has 0 unspecified atom stereocenters. The zero-order chi connectivity index (χ0) is 3.41. The topological polar surface area (TPSA) is 84.7 Å². The highest BCUT2D eigenvalue weighted by atomic mass is 28.2. The van der Waals surface area contributed by atoms with E-state index in [9.17, 15) is 0 Å². The molecule has 0 rings (SSSR count). The summed E-state index contributed by atoms with van der Waals surface area (Å²) in [7, 11) is -1.52. The molecule has 5 heteroatoms. The zero-order valence-electron chi connectivity index (χ0n) is 2.72. The van der Waals surface area contributed by atoms with Crippen molar-refractivity contribution in [2.24, 2.45) is 0 Å². The van der Waals surface area contributed by atoms with E-state index in [2.05, 4.69) is 4.58 Å². The Morgan fingerprint density at radius 2 is 1.80 bits per heavy atom. The van der Waals surface area contributed by atoms with Crippen LogP contribution in [-0.2, 0) is 4.58 Å². The van der Waals surface area contributed by atoms with Gasteiger partial charge in [0.05, 0.1) is 0 Å². The molecule has 0 atom stereocenters. The summed E-state index contributed by atoms with van der Waals surface area (Å²) in [5.41, 5.74) is 0. The molecule has 0 radical (unpaired) electrons. The molecule has 0 amide bonds. The normalized spacial score (nSPS) is 8.40. The molecule has 4 nitrogen and oxygen atoms in total. The number of hydrogen-bond acceptors (Lipinski definition) is 4. The SMILES string of the molecule is N.OO[SiH2]O. The lowest BCUT2D eigenvalue weighted by Gasteiger charge is -1.72. The van der Waals surface area contributed by atoms with Crippen LogP contribution >= 0.6 is 0 Å². The molecule has 0 aliphatic rings. The molecular formula is H7NO3Si. The van der Waals surface area contributed by atoms with E-state index in [0.29, 0.717) is 0 Å². The second kappa shape index (κ2) is 8.96. The smallest absolute Gasteiger partial charge is 0.341 e. The van der Waals surface area contributed by atoms with Gasteiger partial charge in [0.15, 0.2) is 0 Å². The third-order valence-electron chi connectivity index (χ3n) is 0.0577. The molecule has 0 aliphatic heterocycles. The summed E-state index contributed by atoms with van der Waals surface area (Å²) >= 11 is 0. The van der Waals surface area contributed by atoms with Gasteiger partial charge < -0.3 is 10.9 Å². The predicted molar refractivity (Wildman–Crippen MR) is 19.5 cm³/mol. The fourth-order valence-corrected chi connectivity index (χ4v) is 0.